The van der Waals surface area contributed by atoms with Crippen LogP contribution in [-0.4, -0.2) is 65.6 Å². The van der Waals surface area contributed by atoms with Crippen LogP contribution in [0.15, 0.2) is 17.1 Å². The number of ether oxygens (including phenoxy) is 2. The van der Waals surface area contributed by atoms with E-state index in [0.29, 0.717) is 6.42 Å². The first-order valence-electron chi connectivity index (χ1n) is 7.91. The quantitative estimate of drug-likeness (QED) is 0.630. The number of aliphatic hydroxyl groups is 1. The average Bonchev–Trinajstić information content (AvgIpc) is 3.00. The second-order valence-corrected chi connectivity index (χ2v) is 5.85. The number of aliphatic hydroxyl groups excluding tert-OH is 1. The van der Waals surface area contributed by atoms with Crippen LogP contribution in [0.2, 0.25) is 0 Å². The summed E-state index contributed by atoms with van der Waals surface area (Å²) in [4.78, 5) is 29.8. The van der Waals surface area contributed by atoms with Gasteiger partial charge in [-0.05, 0) is 39.5 Å². The summed E-state index contributed by atoms with van der Waals surface area (Å²) >= 11 is 0. The number of rotatable bonds is 8. The van der Waals surface area contributed by atoms with Crippen molar-refractivity contribution >= 4 is 11.7 Å². The highest BCUT2D eigenvalue weighted by molar-refractivity contribution is 5.89. The molecule has 0 aliphatic carbocycles. The van der Waals surface area contributed by atoms with E-state index < -0.39 is 18.2 Å². The van der Waals surface area contributed by atoms with E-state index in [2.05, 4.69) is 15.2 Å². The molecule has 0 spiro atoms. The molecule has 1 saturated heterocycles. The van der Waals surface area contributed by atoms with Crippen molar-refractivity contribution in [2.75, 3.05) is 39.2 Å². The number of carbonyl (C=O) groups is 1. The summed E-state index contributed by atoms with van der Waals surface area (Å²) < 4.78 is 11.8. The first-order chi connectivity index (χ1) is 11.5. The van der Waals surface area contributed by atoms with Crippen molar-refractivity contribution < 1.29 is 19.4 Å². The van der Waals surface area contributed by atoms with Crippen LogP contribution in [0.3, 0.4) is 0 Å². The summed E-state index contributed by atoms with van der Waals surface area (Å²) in [6, 6.07) is 1.54. The van der Waals surface area contributed by atoms with Crippen LogP contribution in [0.25, 0.3) is 0 Å². The van der Waals surface area contributed by atoms with Crippen molar-refractivity contribution in [3.8, 4) is 0 Å². The molecule has 2 heterocycles. The van der Waals surface area contributed by atoms with E-state index >= 15 is 0 Å². The first kappa shape index (κ1) is 18.5. The topological polar surface area (TPSA) is 106 Å². The van der Waals surface area contributed by atoms with Crippen molar-refractivity contribution in [2.24, 2.45) is 0 Å². The van der Waals surface area contributed by atoms with E-state index in [9.17, 15) is 9.59 Å². The predicted octanol–water partition coefficient (Wildman–Crippen LogP) is -0.222. The van der Waals surface area contributed by atoms with Gasteiger partial charge < -0.3 is 24.8 Å². The molecule has 0 aromatic carbocycles. The minimum Gasteiger partial charge on any atom is -0.391 e. The number of amides is 1. The summed E-state index contributed by atoms with van der Waals surface area (Å²) in [6.45, 7) is 0.810. The van der Waals surface area contributed by atoms with E-state index in [1.165, 1.54) is 16.8 Å². The third-order valence-electron chi connectivity index (χ3n) is 3.55. The predicted molar refractivity (Wildman–Crippen MR) is 86.5 cm³/mol. The molecule has 1 fully saturated rings. The van der Waals surface area contributed by atoms with Gasteiger partial charge in [0.25, 0.3) is 0 Å². The van der Waals surface area contributed by atoms with Crippen molar-refractivity contribution in [3.05, 3.63) is 22.7 Å². The zero-order valence-electron chi connectivity index (χ0n) is 14.0. The lowest BCUT2D eigenvalue weighted by Gasteiger charge is -2.13. The number of anilines is 1. The van der Waals surface area contributed by atoms with Crippen LogP contribution in [-0.2, 0) is 14.3 Å². The van der Waals surface area contributed by atoms with Gasteiger partial charge in [-0.3, -0.25) is 9.36 Å². The van der Waals surface area contributed by atoms with E-state index in [0.717, 1.165) is 19.4 Å². The highest BCUT2D eigenvalue weighted by Gasteiger charge is 2.27. The average molecular weight is 340 g/mol. The fraction of sp³-hybridized carbons (Fsp3) is 0.667. The van der Waals surface area contributed by atoms with Gasteiger partial charge in [0.15, 0.2) is 12.5 Å². The molecule has 0 saturated carbocycles. The van der Waals surface area contributed by atoms with Gasteiger partial charge in [0, 0.05) is 12.6 Å². The van der Waals surface area contributed by atoms with E-state index in [1.54, 1.807) is 0 Å². The molecule has 2 atom stereocenters. The number of nitrogens with one attached hydrogen (secondary N) is 1. The molecule has 24 heavy (non-hydrogen) atoms. The number of hydrogen-bond acceptors (Lipinski definition) is 7. The summed E-state index contributed by atoms with van der Waals surface area (Å²) in [5, 5.41) is 11.6. The largest absolute Gasteiger partial charge is 0.391 e. The van der Waals surface area contributed by atoms with Gasteiger partial charge in [0.1, 0.15) is 5.82 Å². The normalized spacial score (nSPS) is 20.5. The maximum absolute atomic E-state index is 12.0. The Morgan fingerprint density at radius 1 is 1.50 bits per heavy atom. The molecule has 1 amide bonds. The molecule has 9 heteroatoms. The summed E-state index contributed by atoms with van der Waals surface area (Å²) in [5.41, 5.74) is -0.549. The lowest BCUT2D eigenvalue weighted by atomic mass is 10.2. The smallest absolute Gasteiger partial charge is 0.351 e. The van der Waals surface area contributed by atoms with Crippen LogP contribution in [0.5, 0.6) is 0 Å². The standard InChI is InChI=1S/C15H24N4O5/c1-18(2)7-4-3-5-12(21)16-11-6-8-19(15(22)17-11)13-10-23-14(9-20)24-13/h6,8,13-14,20H,3-5,7,9-10H2,1-2H3,(H,16,17,21,22)/t13-,14-/m0/s1. The molecule has 0 bridgehead atoms. The monoisotopic (exact) mass is 340 g/mol. The second-order valence-electron chi connectivity index (χ2n) is 5.85. The van der Waals surface area contributed by atoms with Crippen LogP contribution in [0, 0.1) is 0 Å². The van der Waals surface area contributed by atoms with Gasteiger partial charge in [-0.25, -0.2) is 4.79 Å². The maximum Gasteiger partial charge on any atom is 0.351 e. The fourth-order valence-electron chi connectivity index (χ4n) is 2.31. The first-order valence-corrected chi connectivity index (χ1v) is 7.91. The molecule has 134 valence electrons. The van der Waals surface area contributed by atoms with Crippen LogP contribution in [0.1, 0.15) is 25.5 Å². The van der Waals surface area contributed by atoms with Crippen LogP contribution < -0.4 is 11.0 Å². The highest BCUT2D eigenvalue weighted by atomic mass is 16.7. The third-order valence-corrected chi connectivity index (χ3v) is 3.55. The number of aromatic nitrogens is 2. The molecule has 2 N–H and O–H groups in total. The van der Waals surface area contributed by atoms with Gasteiger partial charge in [-0.1, -0.05) is 0 Å². The molecular formula is C15H24N4O5. The number of nitrogens with zero attached hydrogens (tertiary/aromatic N) is 3. The lowest BCUT2D eigenvalue weighted by Crippen LogP contribution is -2.29. The molecule has 1 aromatic heterocycles. The second kappa shape index (κ2) is 8.88. The molecular weight excluding hydrogens is 316 g/mol. The number of carbonyl (C=O) groups excluding carboxylic acids is 1. The molecule has 0 unspecified atom stereocenters. The number of unbranched alkanes of at least 4 members (excludes halogenated alkanes) is 1. The fourth-order valence-corrected chi connectivity index (χ4v) is 2.31. The van der Waals surface area contributed by atoms with Gasteiger partial charge in [0.05, 0.1) is 13.2 Å². The molecule has 2 rings (SSSR count). The van der Waals surface area contributed by atoms with E-state index in [1.807, 2.05) is 14.1 Å². The van der Waals surface area contributed by atoms with Gasteiger partial charge in [-0.2, -0.15) is 4.98 Å². The molecule has 0 radical (unpaired) electrons. The summed E-state index contributed by atoms with van der Waals surface area (Å²) in [5.74, 6) is 0.0469. The molecule has 1 aromatic rings. The highest BCUT2D eigenvalue weighted by Crippen LogP contribution is 2.19. The zero-order chi connectivity index (χ0) is 17.5. The van der Waals surface area contributed by atoms with Gasteiger partial charge in [-0.15, -0.1) is 0 Å². The SMILES string of the molecule is CN(C)CCCCC(=O)Nc1ccn([C@@H]2CO[C@H](CO)O2)c(=O)n1. The Morgan fingerprint density at radius 2 is 2.29 bits per heavy atom. The Morgan fingerprint density at radius 3 is 2.92 bits per heavy atom. The van der Waals surface area contributed by atoms with Crippen molar-refractivity contribution in [2.45, 2.75) is 31.8 Å². The molecule has 1 aliphatic heterocycles. The van der Waals surface area contributed by atoms with Gasteiger partial charge >= 0.3 is 5.69 Å². The summed E-state index contributed by atoms with van der Waals surface area (Å²) in [7, 11) is 3.97. The number of hydrogen-bond donors (Lipinski definition) is 2. The molecule has 9 nitrogen and oxygen atoms in total. The van der Waals surface area contributed by atoms with Crippen LogP contribution >= 0.6 is 0 Å². The minimum absolute atomic E-state index is 0.157. The Hall–Kier alpha value is -1.81. The third kappa shape index (κ3) is 5.38. The Bertz CT molecular complexity index is 604. The Labute approximate surface area is 140 Å². The lowest BCUT2D eigenvalue weighted by molar-refractivity contribution is -0.116. The van der Waals surface area contributed by atoms with Crippen molar-refractivity contribution in [3.63, 3.8) is 0 Å². The maximum atomic E-state index is 12.0. The van der Waals surface area contributed by atoms with Gasteiger partial charge in [0.2, 0.25) is 5.91 Å². The zero-order valence-corrected chi connectivity index (χ0v) is 14.0. The van der Waals surface area contributed by atoms with E-state index in [4.69, 9.17) is 14.6 Å². The molecule has 1 aliphatic rings. The Kier molecular flexibility index (Phi) is 6.85. The van der Waals surface area contributed by atoms with Crippen LogP contribution in [0.4, 0.5) is 5.82 Å². The summed E-state index contributed by atoms with van der Waals surface area (Å²) in [6.07, 6.45) is 2.22. The van der Waals surface area contributed by atoms with Crippen molar-refractivity contribution in [1.29, 1.82) is 0 Å². The Balaban J connectivity index is 1.86. The van der Waals surface area contributed by atoms with Crippen molar-refractivity contribution in [1.82, 2.24) is 14.5 Å². The minimum atomic E-state index is -0.733. The van der Waals surface area contributed by atoms with E-state index in [-0.39, 0.29) is 24.9 Å².